The van der Waals surface area contributed by atoms with Crippen molar-refractivity contribution < 1.29 is 0 Å². The Morgan fingerprint density at radius 1 is 1.00 bits per heavy atom. The topological polar surface area (TPSA) is 24.1 Å². The lowest BCUT2D eigenvalue weighted by molar-refractivity contribution is 0.408. The summed E-state index contributed by atoms with van der Waals surface area (Å²) in [6.45, 7) is 2.15. The van der Waals surface area contributed by atoms with E-state index < -0.39 is 0 Å². The summed E-state index contributed by atoms with van der Waals surface area (Å²) in [5.74, 6) is 0. The molecule has 1 aliphatic carbocycles. The van der Waals surface area contributed by atoms with Gasteiger partial charge in [0.05, 0.1) is 5.54 Å². The number of aryl methyl sites for hydroxylation is 1. The van der Waals surface area contributed by atoms with Crippen molar-refractivity contribution in [3.05, 3.63) is 65.7 Å². The number of anilines is 1. The first-order chi connectivity index (χ1) is 10.7. The third-order valence-electron chi connectivity index (χ3n) is 4.41. The summed E-state index contributed by atoms with van der Waals surface area (Å²) in [6, 6.07) is 18.9. The van der Waals surface area contributed by atoms with Crippen LogP contribution in [0.1, 0.15) is 36.8 Å². The molecule has 2 N–H and O–H groups in total. The zero-order valence-corrected chi connectivity index (χ0v) is 13.7. The maximum Gasteiger partial charge on any atom is 0.171 e. The smallest absolute Gasteiger partial charge is 0.171 e. The normalized spacial score (nSPS) is 16.2. The molecule has 114 valence electrons. The molecule has 2 aromatic carbocycles. The number of nitrogens with one attached hydrogen (secondary N) is 2. The van der Waals surface area contributed by atoms with E-state index in [1.54, 1.807) is 0 Å². The van der Waals surface area contributed by atoms with E-state index in [4.69, 9.17) is 12.2 Å². The van der Waals surface area contributed by atoms with Crippen LogP contribution >= 0.6 is 12.2 Å². The van der Waals surface area contributed by atoms with Crippen LogP contribution in [-0.4, -0.2) is 5.11 Å². The minimum absolute atomic E-state index is 0.0229. The van der Waals surface area contributed by atoms with Crippen molar-refractivity contribution in [2.45, 2.75) is 38.1 Å². The third-order valence-corrected chi connectivity index (χ3v) is 4.62. The number of para-hydroxylation sites is 1. The molecule has 0 aliphatic heterocycles. The summed E-state index contributed by atoms with van der Waals surface area (Å²) >= 11 is 5.56. The van der Waals surface area contributed by atoms with Gasteiger partial charge in [0.15, 0.2) is 5.11 Å². The minimum atomic E-state index is -0.0229. The summed E-state index contributed by atoms with van der Waals surface area (Å²) in [7, 11) is 0. The molecule has 2 aromatic rings. The molecule has 1 aliphatic rings. The molecule has 0 saturated heterocycles. The first-order valence-electron chi connectivity index (χ1n) is 7.89. The maximum absolute atomic E-state index is 5.56. The van der Waals surface area contributed by atoms with E-state index in [-0.39, 0.29) is 5.54 Å². The molecule has 0 atom stereocenters. The van der Waals surface area contributed by atoms with Gasteiger partial charge in [-0.15, -0.1) is 0 Å². The van der Waals surface area contributed by atoms with Gasteiger partial charge in [-0.05, 0) is 49.7 Å². The molecule has 2 nitrogen and oxygen atoms in total. The largest absolute Gasteiger partial charge is 0.353 e. The molecule has 22 heavy (non-hydrogen) atoms. The van der Waals surface area contributed by atoms with Gasteiger partial charge < -0.3 is 10.6 Å². The Balaban J connectivity index is 1.78. The van der Waals surface area contributed by atoms with Crippen LogP contribution in [-0.2, 0) is 5.54 Å². The van der Waals surface area contributed by atoms with Gasteiger partial charge in [0.25, 0.3) is 0 Å². The highest BCUT2D eigenvalue weighted by Crippen LogP contribution is 2.39. The maximum atomic E-state index is 5.56. The monoisotopic (exact) mass is 310 g/mol. The Labute approximate surface area is 137 Å². The molecule has 0 spiro atoms. The zero-order chi connectivity index (χ0) is 15.4. The molecule has 0 radical (unpaired) electrons. The second-order valence-electron chi connectivity index (χ2n) is 6.10. The molecule has 0 bridgehead atoms. The van der Waals surface area contributed by atoms with Gasteiger partial charge in [0.1, 0.15) is 0 Å². The number of hydrogen-bond donors (Lipinski definition) is 2. The fourth-order valence-corrected chi connectivity index (χ4v) is 3.62. The number of benzene rings is 2. The van der Waals surface area contributed by atoms with Crippen molar-refractivity contribution in [1.82, 2.24) is 5.32 Å². The predicted octanol–water partition coefficient (Wildman–Crippen LogP) is 4.75. The molecule has 3 heteroatoms. The summed E-state index contributed by atoms with van der Waals surface area (Å²) in [4.78, 5) is 0. The van der Waals surface area contributed by atoms with E-state index >= 15 is 0 Å². The van der Waals surface area contributed by atoms with Gasteiger partial charge in [-0.2, -0.15) is 0 Å². The lowest BCUT2D eigenvalue weighted by atomic mass is 9.87. The number of thiocarbonyl (C=S) groups is 1. The lowest BCUT2D eigenvalue weighted by Crippen LogP contribution is -2.45. The molecule has 0 amide bonds. The highest BCUT2D eigenvalue weighted by molar-refractivity contribution is 7.80. The first-order valence-corrected chi connectivity index (χ1v) is 8.30. The van der Waals surface area contributed by atoms with E-state index in [0.29, 0.717) is 5.11 Å². The van der Waals surface area contributed by atoms with Crippen LogP contribution in [0.3, 0.4) is 0 Å². The summed E-state index contributed by atoms with van der Waals surface area (Å²) < 4.78 is 0. The van der Waals surface area contributed by atoms with E-state index in [1.165, 1.54) is 24.0 Å². The van der Waals surface area contributed by atoms with Crippen molar-refractivity contribution in [2.75, 3.05) is 5.32 Å². The molecule has 0 unspecified atom stereocenters. The van der Waals surface area contributed by atoms with Crippen LogP contribution in [0.5, 0.6) is 0 Å². The Bertz CT molecular complexity index is 645. The highest BCUT2D eigenvalue weighted by Gasteiger charge is 2.36. The molecular formula is C19H22N2S. The fraction of sp³-hybridized carbons (Fsp3) is 0.316. The van der Waals surface area contributed by atoms with Crippen LogP contribution in [0.2, 0.25) is 0 Å². The Kier molecular flexibility index (Phi) is 4.44. The summed E-state index contributed by atoms with van der Waals surface area (Å²) in [6.07, 6.45) is 4.75. The lowest BCUT2D eigenvalue weighted by Gasteiger charge is -2.32. The quantitative estimate of drug-likeness (QED) is 0.800. The Hall–Kier alpha value is -1.87. The highest BCUT2D eigenvalue weighted by atomic mass is 32.1. The molecule has 3 rings (SSSR count). The van der Waals surface area contributed by atoms with Crippen LogP contribution in [0.4, 0.5) is 5.69 Å². The van der Waals surface area contributed by atoms with Crippen LogP contribution in [0, 0.1) is 6.92 Å². The minimum Gasteiger partial charge on any atom is -0.353 e. The van der Waals surface area contributed by atoms with Crippen LogP contribution < -0.4 is 10.6 Å². The summed E-state index contributed by atoms with van der Waals surface area (Å²) in [5, 5.41) is 7.61. The zero-order valence-electron chi connectivity index (χ0n) is 12.9. The van der Waals surface area contributed by atoms with Gasteiger partial charge in [0, 0.05) is 5.69 Å². The average Bonchev–Trinajstić information content (AvgIpc) is 2.98. The number of rotatable bonds is 3. The van der Waals surface area contributed by atoms with Gasteiger partial charge in [0.2, 0.25) is 0 Å². The van der Waals surface area contributed by atoms with Gasteiger partial charge in [-0.3, -0.25) is 0 Å². The second-order valence-corrected chi connectivity index (χ2v) is 6.51. The SMILES string of the molecule is Cc1cccc(C2(NC(=S)Nc3ccccc3)CCCC2)c1. The van der Waals surface area contributed by atoms with Gasteiger partial charge in [-0.1, -0.05) is 60.9 Å². The molecule has 1 saturated carbocycles. The number of hydrogen-bond acceptors (Lipinski definition) is 1. The van der Waals surface area contributed by atoms with Crippen molar-refractivity contribution in [3.63, 3.8) is 0 Å². The van der Waals surface area contributed by atoms with Crippen molar-refractivity contribution in [1.29, 1.82) is 0 Å². The third kappa shape index (κ3) is 3.30. The molecule has 0 heterocycles. The summed E-state index contributed by atoms with van der Waals surface area (Å²) in [5.41, 5.74) is 3.65. The standard InChI is InChI=1S/C19H22N2S/c1-15-8-7-9-16(14-15)19(12-5-6-13-19)21-18(22)20-17-10-3-2-4-11-17/h2-4,7-11,14H,5-6,12-13H2,1H3,(H2,20,21,22). The Morgan fingerprint density at radius 2 is 1.73 bits per heavy atom. The fourth-order valence-electron chi connectivity index (χ4n) is 3.31. The van der Waals surface area contributed by atoms with Gasteiger partial charge in [-0.25, -0.2) is 0 Å². The van der Waals surface area contributed by atoms with E-state index in [9.17, 15) is 0 Å². The van der Waals surface area contributed by atoms with Crippen molar-refractivity contribution >= 4 is 23.0 Å². The van der Waals surface area contributed by atoms with Crippen LogP contribution in [0.15, 0.2) is 54.6 Å². The molecule has 1 fully saturated rings. The predicted molar refractivity (Wildman–Crippen MR) is 97.1 cm³/mol. The van der Waals surface area contributed by atoms with Crippen molar-refractivity contribution in [3.8, 4) is 0 Å². The van der Waals surface area contributed by atoms with Crippen LogP contribution in [0.25, 0.3) is 0 Å². The van der Waals surface area contributed by atoms with Gasteiger partial charge >= 0.3 is 0 Å². The van der Waals surface area contributed by atoms with E-state index in [2.05, 4.69) is 41.8 Å². The second kappa shape index (κ2) is 6.49. The average molecular weight is 310 g/mol. The first kappa shape index (κ1) is 15.0. The van der Waals surface area contributed by atoms with E-state index in [1.807, 2.05) is 30.3 Å². The Morgan fingerprint density at radius 3 is 2.41 bits per heavy atom. The van der Waals surface area contributed by atoms with Crippen molar-refractivity contribution in [2.24, 2.45) is 0 Å². The van der Waals surface area contributed by atoms with E-state index in [0.717, 1.165) is 18.5 Å². The molecule has 0 aromatic heterocycles. The molecular weight excluding hydrogens is 288 g/mol.